The second kappa shape index (κ2) is 68.8. The molecule has 126 heavy (non-hydrogen) atoms. The number of alkyl halides is 4. The van der Waals surface area contributed by atoms with Crippen LogP contribution < -0.4 is 70.8 Å². The van der Waals surface area contributed by atoms with Gasteiger partial charge in [-0.05, 0) is 214 Å². The first-order valence-corrected chi connectivity index (χ1v) is 69.9. The maximum absolute atomic E-state index is 14.3. The fourth-order valence-electron chi connectivity index (χ4n) is 8.62. The molecule has 10 aromatic carbocycles. The van der Waals surface area contributed by atoms with Crippen LogP contribution in [0, 0.1) is 63.7 Å². The number of aromatic nitrogens is 1. The van der Waals surface area contributed by atoms with Gasteiger partial charge in [0, 0.05) is 117 Å². The number of isocyanates is 1. The van der Waals surface area contributed by atoms with Crippen molar-refractivity contribution in [2.75, 3.05) is 69.6 Å². The van der Waals surface area contributed by atoms with Crippen molar-refractivity contribution in [3.05, 3.63) is 300 Å². The van der Waals surface area contributed by atoms with Crippen molar-refractivity contribution in [2.24, 2.45) is 4.99 Å². The maximum atomic E-state index is 14.3. The van der Waals surface area contributed by atoms with Crippen molar-refractivity contribution >= 4 is 296 Å². The Bertz CT molecular complexity index is 5280. The number of carbonyl (C=O) groups is 4. The summed E-state index contributed by atoms with van der Waals surface area (Å²) in [6.45, 7) is 9.20. The number of nitrogens with zero attached hydrogens (tertiary/aromatic N) is 2. The van der Waals surface area contributed by atoms with Gasteiger partial charge in [0.15, 0.2) is 0 Å². The first kappa shape index (κ1) is 125. The SMILES string of the molecule is C.C.C.CI.COC(=O)c1cccc(C)c1.COc1ccc(N)c(F)c1.COc1ccc(NC(=O)Nc2ccc(Cl)c(C)c2)c(F)c1.Cc1cc(N=C=O)ccc1Cl.Cc1cc(NC(=O)Nc2ccc(O)cc2F)ccc1Cl.Cc1cc(Oc2ccc(NC(=O)Nc3ccc(Cl)c(C(F)(F)F)c3)c(F)c2)ccn1.II.I[I-]I.Nc1ccc(Cl)c(F)c1.[I][V]([I])[I]. The Labute approximate surface area is 856 Å². The number of esters is 1. The number of rotatable bonds is 12. The summed E-state index contributed by atoms with van der Waals surface area (Å²) in [5.74, 6) is -1.98. The van der Waals surface area contributed by atoms with Crippen molar-refractivity contribution in [2.45, 2.75) is 63.1 Å². The molecule has 1 heterocycles. The molecule has 0 aliphatic heterocycles. The van der Waals surface area contributed by atoms with Crippen LogP contribution in [-0.4, -0.2) is 66.5 Å². The van der Waals surface area contributed by atoms with Crippen molar-refractivity contribution in [3.63, 3.8) is 0 Å². The molecule has 0 aliphatic rings. The van der Waals surface area contributed by atoms with E-state index in [2.05, 4.69) is 204 Å². The number of anilines is 8. The Morgan fingerprint density at radius 3 is 1.29 bits per heavy atom. The fraction of sp³-hybridized carbons (Fsp3) is 0.157. The number of methoxy groups -OCH3 is 3. The van der Waals surface area contributed by atoms with Crippen LogP contribution in [0.1, 0.15) is 66.1 Å². The number of nitrogens with one attached hydrogen (secondary N) is 6. The molecule has 1 aromatic heterocycles. The van der Waals surface area contributed by atoms with Gasteiger partial charge in [0.25, 0.3) is 0 Å². The van der Waals surface area contributed by atoms with Crippen LogP contribution in [0.5, 0.6) is 28.7 Å². The van der Waals surface area contributed by atoms with Gasteiger partial charge in [0.2, 0.25) is 6.08 Å². The molecule has 43 heteroatoms. The molecule has 0 saturated carbocycles. The third kappa shape index (κ3) is 51.6. The number of phenolic OH excluding ortho intramolecular Hbond substituents is 1. The Balaban J connectivity index is -0.00000142. The second-order valence-corrected chi connectivity index (χ2v) is 76.7. The number of phenols is 1. The van der Waals surface area contributed by atoms with Gasteiger partial charge in [-0.2, -0.15) is 18.2 Å². The van der Waals surface area contributed by atoms with Crippen LogP contribution in [0.4, 0.5) is 101 Å². The van der Waals surface area contributed by atoms with Crippen molar-refractivity contribution in [3.8, 4) is 28.7 Å². The molecule has 6 amide bonds. The number of benzene rings is 10. The molecule has 0 aliphatic carbocycles. The number of aliphatic imine (C=N–C) groups is 1. The number of ether oxygens (including phenoxy) is 4. The van der Waals surface area contributed by atoms with Gasteiger partial charge in [-0.3, -0.25) is 4.98 Å². The van der Waals surface area contributed by atoms with Gasteiger partial charge >= 0.3 is 146 Å². The Hall–Kier alpha value is -5.15. The Morgan fingerprint density at radius 2 is 0.897 bits per heavy atom. The van der Waals surface area contributed by atoms with Crippen LogP contribution >= 0.6 is 215 Å². The van der Waals surface area contributed by atoms with E-state index in [1.165, 1.54) is 94.1 Å². The molecule has 0 unspecified atom stereocenters. The summed E-state index contributed by atoms with van der Waals surface area (Å²) in [5.41, 5.74) is 16.2. The number of nitrogen functional groups attached to an aromatic ring is 2. The van der Waals surface area contributed by atoms with Crippen LogP contribution in [0.2, 0.25) is 25.1 Å². The molecule has 11 N–H and O–H groups in total. The Morgan fingerprint density at radius 1 is 0.492 bits per heavy atom. The van der Waals surface area contributed by atoms with Gasteiger partial charge in [-0.25, -0.2) is 45.9 Å². The van der Waals surface area contributed by atoms with Crippen molar-refractivity contribution < 1.29 is 101 Å². The summed E-state index contributed by atoms with van der Waals surface area (Å²) >= 11 is 47.5. The molecule has 0 bridgehead atoms. The first-order valence-electron chi connectivity index (χ1n) is 33.4. The quantitative estimate of drug-likeness (QED) is 0.00805. The van der Waals surface area contributed by atoms with E-state index in [-0.39, 0.29) is 78.1 Å². The van der Waals surface area contributed by atoms with Gasteiger partial charge < -0.3 is 67.4 Å². The van der Waals surface area contributed by atoms with Crippen LogP contribution in [-0.2, 0) is 20.6 Å². The average molecular weight is 2900 g/mol. The number of hydrogen-bond acceptors (Lipinski definition) is 14. The van der Waals surface area contributed by atoms with Gasteiger partial charge in [0.05, 0.1) is 70.9 Å². The van der Waals surface area contributed by atoms with E-state index in [9.17, 15) is 59.1 Å². The minimum absolute atomic E-state index is 0. The number of aryl methyl sites for hydroxylation is 5. The zero-order valence-electron chi connectivity index (χ0n) is 65.1. The van der Waals surface area contributed by atoms with E-state index in [0.29, 0.717) is 80.0 Å². The first-order chi connectivity index (χ1) is 58.1. The number of pyridine rings is 1. The van der Waals surface area contributed by atoms with Crippen LogP contribution in [0.3, 0.4) is 0 Å². The van der Waals surface area contributed by atoms with Crippen LogP contribution in [0.25, 0.3) is 0 Å². The summed E-state index contributed by atoms with van der Waals surface area (Å²) in [4.78, 5) is 65.6. The van der Waals surface area contributed by atoms with E-state index in [4.69, 9.17) is 88.8 Å². The predicted molar refractivity (Wildman–Crippen MR) is 561 cm³/mol. The molecule has 686 valence electrons. The van der Waals surface area contributed by atoms with Gasteiger partial charge in [-0.15, -0.1) is 0 Å². The van der Waals surface area contributed by atoms with Crippen LogP contribution in [0.15, 0.2) is 211 Å². The summed E-state index contributed by atoms with van der Waals surface area (Å²) in [5, 5.41) is 25.0. The number of amides is 6. The molecule has 0 saturated heterocycles. The molecule has 11 aromatic rings. The summed E-state index contributed by atoms with van der Waals surface area (Å²) < 4.78 is 125. The standard InChI is InChI=1S/C20H14ClF4N3O2.C15H14ClFN2O2.C14H12ClFN2O2.C9H10O2.C8H6ClNO.C7H8FNO.C6H5ClFN.CH3I.3CH4.I3.I2.3HI.V/c1-11-8-14(6-7-26-11)30-13-3-5-18(17(22)10-13)28-19(29)27-12-2-4-16(21)15(9-12)20(23,24)25;1-9-7-10(3-5-12(9)16)18-15(20)19-14-6-4-11(21-2)8-13(14)17;1-8-6-9(2-4-11(8)15)17-14(20)18-13-5-3-10(19)7-12(13)16;1-7-4-3-5-8(6-7)9(10)11-2;1-6-4-7(10-5-11)2-3-8(6)9;1-10-5-2-3-7(9)6(8)4-5;7-5-2-1-4(9)3-6(5)8;1-2;;;;1-3-2;1-2;;;;/h2-10H,1H3,(H2,27,28,29);3-8H,1-2H3,(H2,18,19,20);2-7,19H,1H3,(H2,17,18,20);3-6H,1-2H3;2-4H,1H3;2-4H,9H2,1H3;1-3H,9H2;1H3;3*1H4;;;3*1H;/q;;;;;;;;;;;-1;;;;;+3/p-3. The second-order valence-electron chi connectivity index (χ2n) is 23.0. The summed E-state index contributed by atoms with van der Waals surface area (Å²) in [6, 6.07) is 46.5. The number of halogens is 22. The number of aromatic hydroxyl groups is 1. The van der Waals surface area contributed by atoms with Crippen molar-refractivity contribution in [1.82, 2.24) is 4.98 Å². The van der Waals surface area contributed by atoms with E-state index < -0.39 is 63.9 Å². The number of nitrogens with two attached hydrogens (primary N) is 2. The van der Waals surface area contributed by atoms with Gasteiger partial charge in [0.1, 0.15) is 57.8 Å². The summed E-state index contributed by atoms with van der Waals surface area (Å²) in [6.07, 6.45) is -1.67. The van der Waals surface area contributed by atoms with E-state index in [0.717, 1.165) is 46.1 Å². The number of urea groups is 3. The molecular weight excluding hydrogens is 2820 g/mol. The molecular formula is C83H84Cl5F8I9N10O10V-. The average Bonchev–Trinajstić information content (AvgIpc) is 0.821. The Kier molecular flexibility index (Phi) is 68.3. The van der Waals surface area contributed by atoms with Gasteiger partial charge in [-0.1, -0.05) is 121 Å². The predicted octanol–water partition coefficient (Wildman–Crippen LogP) is 29.3. The number of hydrogen-bond donors (Lipinski definition) is 9. The van der Waals surface area contributed by atoms with Crippen molar-refractivity contribution in [1.29, 1.82) is 0 Å². The molecule has 0 fully saturated rings. The van der Waals surface area contributed by atoms with E-state index in [1.807, 2.05) is 44.8 Å². The fourth-order valence-corrected chi connectivity index (χ4v) is 9.31. The number of carbonyl (C=O) groups excluding carboxylic acids is 5. The van der Waals surface area contributed by atoms with E-state index in [1.54, 1.807) is 110 Å². The van der Waals surface area contributed by atoms with E-state index >= 15 is 0 Å². The molecule has 0 radical (unpaired) electrons. The molecule has 0 spiro atoms. The molecule has 20 nitrogen and oxygen atoms in total. The summed E-state index contributed by atoms with van der Waals surface area (Å²) in [7, 11) is 4.30. The third-order valence-electron chi connectivity index (χ3n) is 14.2. The third-order valence-corrected chi connectivity index (χ3v) is 16.1. The topological polar surface area (TPSA) is 292 Å². The minimum atomic E-state index is -4.68. The monoisotopic (exact) mass is 2900 g/mol. The molecule has 0 atom stereocenters. The molecule has 11 rings (SSSR count). The normalized spacial score (nSPS) is 9.52. The zero-order valence-corrected chi connectivity index (χ0v) is 89.7. The zero-order chi connectivity index (χ0) is 93.2.